The van der Waals surface area contributed by atoms with E-state index in [9.17, 15) is 0 Å². The summed E-state index contributed by atoms with van der Waals surface area (Å²) in [5, 5.41) is 6.26. The predicted molar refractivity (Wildman–Crippen MR) is 54.6 cm³/mol. The van der Waals surface area contributed by atoms with E-state index in [1.807, 2.05) is 13.8 Å². The van der Waals surface area contributed by atoms with Gasteiger partial charge >= 0.3 is 0 Å². The van der Waals surface area contributed by atoms with Gasteiger partial charge in [0.25, 0.3) is 0 Å². The van der Waals surface area contributed by atoms with Crippen molar-refractivity contribution in [3.05, 3.63) is 0 Å². The van der Waals surface area contributed by atoms with E-state index < -0.39 is 0 Å². The van der Waals surface area contributed by atoms with Crippen LogP contribution in [0.3, 0.4) is 0 Å². The molecule has 1 atom stereocenters. The number of nitrogens with one attached hydrogen (secondary N) is 2. The van der Waals surface area contributed by atoms with Crippen molar-refractivity contribution in [2.75, 3.05) is 6.54 Å². The molecule has 13 heavy (non-hydrogen) atoms. The van der Waals surface area contributed by atoms with Crippen molar-refractivity contribution >= 4 is 11.9 Å². The highest BCUT2D eigenvalue weighted by Crippen LogP contribution is 2.13. The van der Waals surface area contributed by atoms with E-state index in [1.54, 1.807) is 0 Å². The molecule has 0 fully saturated rings. The summed E-state index contributed by atoms with van der Waals surface area (Å²) in [6, 6.07) is 0. The average molecular weight is 183 g/mol. The van der Waals surface area contributed by atoms with Gasteiger partial charge < -0.3 is 16.4 Å². The molecule has 0 spiro atoms. The topological polar surface area (TPSA) is 74.8 Å². The van der Waals surface area contributed by atoms with Gasteiger partial charge in [-0.2, -0.15) is 4.99 Å². The number of guanidine groups is 2. The number of aliphatic imine (C=N–C) groups is 2. The lowest BCUT2D eigenvalue weighted by Crippen LogP contribution is -2.53. The Bertz CT molecular complexity index is 245. The highest BCUT2D eigenvalue weighted by Gasteiger charge is 2.25. The molecule has 0 aromatic heterocycles. The zero-order valence-electron chi connectivity index (χ0n) is 8.39. The maximum absolute atomic E-state index is 5.59. The summed E-state index contributed by atoms with van der Waals surface area (Å²) >= 11 is 0. The van der Waals surface area contributed by atoms with Gasteiger partial charge in [-0.1, -0.05) is 6.92 Å². The third-order valence-corrected chi connectivity index (χ3v) is 2.01. The highest BCUT2D eigenvalue weighted by molar-refractivity contribution is 5.96. The van der Waals surface area contributed by atoms with Crippen molar-refractivity contribution in [3.63, 3.8) is 0 Å². The highest BCUT2D eigenvalue weighted by atomic mass is 15.3. The molecule has 1 rings (SSSR count). The number of nitrogens with zero attached hydrogens (tertiary/aromatic N) is 2. The molecule has 4 N–H and O–H groups in total. The first-order valence-electron chi connectivity index (χ1n) is 4.55. The van der Waals surface area contributed by atoms with E-state index in [0.29, 0.717) is 11.9 Å². The van der Waals surface area contributed by atoms with Gasteiger partial charge in [-0.05, 0) is 20.3 Å². The zero-order valence-corrected chi connectivity index (χ0v) is 8.39. The van der Waals surface area contributed by atoms with Gasteiger partial charge in [0, 0.05) is 6.54 Å². The average Bonchev–Trinajstić information content (AvgIpc) is 2.03. The monoisotopic (exact) mass is 183 g/mol. The Morgan fingerprint density at radius 3 is 2.77 bits per heavy atom. The molecule has 0 aromatic carbocycles. The second kappa shape index (κ2) is 3.64. The first-order valence-corrected chi connectivity index (χ1v) is 4.55. The summed E-state index contributed by atoms with van der Waals surface area (Å²) in [5.41, 5.74) is 5.27. The van der Waals surface area contributed by atoms with Crippen LogP contribution in [0.5, 0.6) is 0 Å². The van der Waals surface area contributed by atoms with Crippen LogP contribution < -0.4 is 16.4 Å². The minimum absolute atomic E-state index is 0.316. The first-order chi connectivity index (χ1) is 6.09. The Morgan fingerprint density at radius 2 is 2.23 bits per heavy atom. The van der Waals surface area contributed by atoms with Crippen molar-refractivity contribution in [2.45, 2.75) is 32.9 Å². The lowest BCUT2D eigenvalue weighted by atomic mass is 10.1. The molecule has 1 aliphatic rings. The fourth-order valence-corrected chi connectivity index (χ4v) is 1.12. The minimum Gasteiger partial charge on any atom is -0.368 e. The Balaban J connectivity index is 2.77. The predicted octanol–water partition coefficient (Wildman–Crippen LogP) is -0.00400. The van der Waals surface area contributed by atoms with Crippen LogP contribution in [-0.2, 0) is 0 Å². The van der Waals surface area contributed by atoms with Crippen molar-refractivity contribution in [1.82, 2.24) is 10.6 Å². The molecule has 5 nitrogen and oxygen atoms in total. The summed E-state index contributed by atoms with van der Waals surface area (Å²) in [6.07, 6.45) is 0.873. The van der Waals surface area contributed by atoms with Gasteiger partial charge in [0.05, 0.1) is 0 Å². The second-order valence-electron chi connectivity index (χ2n) is 3.21. The van der Waals surface area contributed by atoms with Crippen LogP contribution in [0.15, 0.2) is 9.98 Å². The van der Waals surface area contributed by atoms with Crippen molar-refractivity contribution in [2.24, 2.45) is 15.7 Å². The van der Waals surface area contributed by atoms with E-state index in [4.69, 9.17) is 5.73 Å². The van der Waals surface area contributed by atoms with Crippen LogP contribution >= 0.6 is 0 Å². The summed E-state index contributed by atoms with van der Waals surface area (Å²) in [5.74, 6) is 1.04. The van der Waals surface area contributed by atoms with Crippen LogP contribution in [0.25, 0.3) is 0 Å². The summed E-state index contributed by atoms with van der Waals surface area (Å²) < 4.78 is 0. The molecule has 0 amide bonds. The van der Waals surface area contributed by atoms with E-state index in [2.05, 4.69) is 27.5 Å². The molecular formula is C8H17N5. The fraction of sp³-hybridized carbons (Fsp3) is 0.750. The molecule has 1 unspecified atom stereocenters. The van der Waals surface area contributed by atoms with Gasteiger partial charge in [0.2, 0.25) is 11.9 Å². The minimum atomic E-state index is -0.316. The lowest BCUT2D eigenvalue weighted by Gasteiger charge is -2.30. The van der Waals surface area contributed by atoms with Crippen molar-refractivity contribution < 1.29 is 0 Å². The van der Waals surface area contributed by atoms with Crippen LogP contribution in [0.2, 0.25) is 0 Å². The normalized spacial score (nSPS) is 27.3. The fourth-order valence-electron chi connectivity index (χ4n) is 1.12. The Morgan fingerprint density at radius 1 is 1.54 bits per heavy atom. The molecule has 0 radical (unpaired) electrons. The molecule has 5 heteroatoms. The van der Waals surface area contributed by atoms with Crippen LogP contribution in [-0.4, -0.2) is 24.1 Å². The van der Waals surface area contributed by atoms with Gasteiger partial charge in [0.1, 0.15) is 5.66 Å². The van der Waals surface area contributed by atoms with E-state index in [1.165, 1.54) is 0 Å². The number of nitrogens with two attached hydrogens (primary N) is 1. The maximum Gasteiger partial charge on any atom is 0.220 e. The maximum atomic E-state index is 5.59. The van der Waals surface area contributed by atoms with Crippen molar-refractivity contribution in [1.29, 1.82) is 0 Å². The van der Waals surface area contributed by atoms with E-state index >= 15 is 0 Å². The molecule has 1 aliphatic heterocycles. The molecule has 0 aromatic rings. The number of rotatable bonds is 2. The third kappa shape index (κ3) is 2.34. The summed E-state index contributed by atoms with van der Waals surface area (Å²) in [7, 11) is 0. The van der Waals surface area contributed by atoms with Gasteiger partial charge in [-0.15, -0.1) is 0 Å². The van der Waals surface area contributed by atoms with E-state index in [0.717, 1.165) is 13.0 Å². The quantitative estimate of drug-likeness (QED) is 0.564. The van der Waals surface area contributed by atoms with Crippen LogP contribution in [0, 0.1) is 0 Å². The third-order valence-electron chi connectivity index (χ3n) is 2.01. The van der Waals surface area contributed by atoms with Crippen LogP contribution in [0.4, 0.5) is 0 Å². The number of hydrogen-bond acceptors (Lipinski definition) is 5. The molecule has 0 bridgehead atoms. The van der Waals surface area contributed by atoms with Gasteiger partial charge in [-0.3, -0.25) is 0 Å². The van der Waals surface area contributed by atoms with Crippen LogP contribution in [0.1, 0.15) is 27.2 Å². The SMILES string of the molecule is CCNC1=NC(N)=NC(C)(CC)N1. The van der Waals surface area contributed by atoms with E-state index in [-0.39, 0.29) is 5.66 Å². The van der Waals surface area contributed by atoms with Gasteiger partial charge in [-0.25, -0.2) is 4.99 Å². The van der Waals surface area contributed by atoms with Gasteiger partial charge in [0.15, 0.2) is 0 Å². The molecule has 1 heterocycles. The first kappa shape index (κ1) is 9.83. The van der Waals surface area contributed by atoms with Crippen molar-refractivity contribution in [3.8, 4) is 0 Å². The molecule has 74 valence electrons. The summed E-state index contributed by atoms with van der Waals surface area (Å²) in [6.45, 7) is 6.87. The smallest absolute Gasteiger partial charge is 0.220 e. The largest absolute Gasteiger partial charge is 0.368 e. The zero-order chi connectivity index (χ0) is 9.90. The second-order valence-corrected chi connectivity index (χ2v) is 3.21. The lowest BCUT2D eigenvalue weighted by molar-refractivity contribution is 0.411. The molecular weight excluding hydrogens is 166 g/mol. The Labute approximate surface area is 78.5 Å². The standard InChI is InChI=1S/C8H17N5/c1-4-8(3)12-6(9)11-7(13-8)10-5-2/h4-5H2,1-3H3,(H4,9,10,11,12,13). The molecule has 0 saturated heterocycles. The Kier molecular flexibility index (Phi) is 2.75. The molecule has 0 aliphatic carbocycles. The molecule has 0 saturated carbocycles. The number of hydrogen-bond donors (Lipinski definition) is 3. The Hall–Kier alpha value is -1.26. The summed E-state index contributed by atoms with van der Waals surface area (Å²) in [4.78, 5) is 8.26.